The van der Waals surface area contributed by atoms with E-state index in [9.17, 15) is 0 Å². The first-order chi connectivity index (χ1) is 9.75. The van der Waals surface area contributed by atoms with Gasteiger partial charge >= 0.3 is 0 Å². The van der Waals surface area contributed by atoms with Crippen molar-refractivity contribution >= 4 is 0 Å². The number of rotatable bonds is 2. The Morgan fingerprint density at radius 1 is 0.900 bits per heavy atom. The van der Waals surface area contributed by atoms with Gasteiger partial charge in [0.05, 0.1) is 6.04 Å². The van der Waals surface area contributed by atoms with Crippen LogP contribution in [-0.2, 0) is 0 Å². The van der Waals surface area contributed by atoms with E-state index in [1.165, 1.54) is 22.3 Å². The molecule has 100 valence electrons. The fourth-order valence-electron chi connectivity index (χ4n) is 2.85. The lowest BCUT2D eigenvalue weighted by molar-refractivity contribution is 0.373. The largest absolute Gasteiger partial charge is 0.370 e. The van der Waals surface area contributed by atoms with Crippen LogP contribution in [0.5, 0.6) is 0 Å². The van der Waals surface area contributed by atoms with Gasteiger partial charge in [-0.2, -0.15) is 0 Å². The molecule has 1 heterocycles. The molecule has 0 aliphatic carbocycles. The minimum atomic E-state index is 0.337. The average Bonchev–Trinajstić information content (AvgIpc) is 2.48. The maximum absolute atomic E-state index is 2.30. The van der Waals surface area contributed by atoms with Crippen LogP contribution in [0.4, 0.5) is 0 Å². The fraction of sp³-hybridized carbons (Fsp3) is 0.158. The summed E-state index contributed by atoms with van der Waals surface area (Å²) >= 11 is 0. The maximum atomic E-state index is 2.30. The number of benzene rings is 2. The Hall–Kier alpha value is -2.28. The molecule has 1 nitrogen and oxygen atoms in total. The van der Waals surface area contributed by atoms with Crippen LogP contribution >= 0.6 is 0 Å². The summed E-state index contributed by atoms with van der Waals surface area (Å²) in [4.78, 5) is 2.26. The molecule has 1 unspecified atom stereocenters. The van der Waals surface area contributed by atoms with Crippen LogP contribution in [0.2, 0.25) is 0 Å². The van der Waals surface area contributed by atoms with E-state index in [2.05, 4.69) is 91.8 Å². The summed E-state index contributed by atoms with van der Waals surface area (Å²) in [6, 6.07) is 19.7. The van der Waals surface area contributed by atoms with Crippen molar-refractivity contribution < 1.29 is 0 Å². The predicted octanol–water partition coefficient (Wildman–Crippen LogP) is 4.80. The third kappa shape index (κ3) is 2.39. The summed E-state index contributed by atoms with van der Waals surface area (Å²) in [5.74, 6) is 0. The van der Waals surface area contributed by atoms with Crippen LogP contribution in [0.1, 0.15) is 18.5 Å². The highest BCUT2D eigenvalue weighted by Gasteiger charge is 2.18. The van der Waals surface area contributed by atoms with Crippen molar-refractivity contribution in [3.05, 3.63) is 84.1 Å². The van der Waals surface area contributed by atoms with Crippen molar-refractivity contribution in [2.45, 2.75) is 13.0 Å². The third-order valence-electron chi connectivity index (χ3n) is 3.83. The van der Waals surface area contributed by atoms with Crippen molar-refractivity contribution in [1.82, 2.24) is 4.90 Å². The molecule has 0 saturated heterocycles. The first-order valence-corrected chi connectivity index (χ1v) is 6.98. The van der Waals surface area contributed by atoms with Gasteiger partial charge in [0, 0.05) is 7.05 Å². The van der Waals surface area contributed by atoms with Gasteiger partial charge in [-0.05, 0) is 47.5 Å². The van der Waals surface area contributed by atoms with Crippen LogP contribution in [0.3, 0.4) is 0 Å². The molecule has 0 amide bonds. The second-order valence-corrected chi connectivity index (χ2v) is 5.31. The van der Waals surface area contributed by atoms with Crippen molar-refractivity contribution in [2.75, 3.05) is 7.05 Å². The summed E-state index contributed by atoms with van der Waals surface area (Å²) in [7, 11) is 2.13. The molecule has 3 rings (SSSR count). The van der Waals surface area contributed by atoms with Crippen molar-refractivity contribution in [3.8, 4) is 11.1 Å². The smallest absolute Gasteiger partial charge is 0.0747 e. The highest BCUT2D eigenvalue weighted by atomic mass is 15.1. The molecule has 1 aliphatic rings. The fourth-order valence-corrected chi connectivity index (χ4v) is 2.85. The topological polar surface area (TPSA) is 3.24 Å². The molecule has 0 radical (unpaired) electrons. The van der Waals surface area contributed by atoms with Gasteiger partial charge in [0.2, 0.25) is 0 Å². The molecule has 0 saturated carbocycles. The number of hydrogen-bond acceptors (Lipinski definition) is 1. The van der Waals surface area contributed by atoms with Crippen molar-refractivity contribution in [1.29, 1.82) is 0 Å². The van der Waals surface area contributed by atoms with Gasteiger partial charge in [-0.25, -0.2) is 0 Å². The molecule has 0 spiro atoms. The molecular weight excluding hydrogens is 242 g/mol. The number of allylic oxidation sites excluding steroid dienone is 2. The summed E-state index contributed by atoms with van der Waals surface area (Å²) in [5.41, 5.74) is 5.26. The highest BCUT2D eigenvalue weighted by molar-refractivity contribution is 5.64. The monoisotopic (exact) mass is 261 g/mol. The highest BCUT2D eigenvalue weighted by Crippen LogP contribution is 2.32. The quantitative estimate of drug-likeness (QED) is 0.750. The van der Waals surface area contributed by atoms with E-state index in [-0.39, 0.29) is 0 Å². The summed E-state index contributed by atoms with van der Waals surface area (Å²) in [6.45, 7) is 2.19. The van der Waals surface area contributed by atoms with Gasteiger partial charge in [-0.1, -0.05) is 54.6 Å². The van der Waals surface area contributed by atoms with Crippen LogP contribution in [-0.4, -0.2) is 11.9 Å². The van der Waals surface area contributed by atoms with E-state index in [0.29, 0.717) is 6.04 Å². The zero-order chi connectivity index (χ0) is 13.9. The molecule has 0 fully saturated rings. The maximum Gasteiger partial charge on any atom is 0.0747 e. The standard InChI is InChI=1S/C19H19N/c1-15-8-7-13-20(2)19(15)18-12-6-11-17(14-18)16-9-4-3-5-10-16/h3-14,19H,1-2H3. The van der Waals surface area contributed by atoms with Crippen LogP contribution in [0.15, 0.2) is 78.5 Å². The van der Waals surface area contributed by atoms with Gasteiger partial charge in [-0.15, -0.1) is 0 Å². The Morgan fingerprint density at radius 2 is 1.65 bits per heavy atom. The normalized spacial score (nSPS) is 18.0. The Kier molecular flexibility index (Phi) is 3.42. The Bertz CT molecular complexity index is 652. The summed E-state index contributed by atoms with van der Waals surface area (Å²) in [5, 5.41) is 0. The second kappa shape index (κ2) is 5.38. The molecule has 0 N–H and O–H groups in total. The number of likely N-dealkylation sites (N-methyl/N-ethyl adjacent to an activating group) is 1. The molecule has 0 bridgehead atoms. The van der Waals surface area contributed by atoms with Crippen LogP contribution < -0.4 is 0 Å². The Labute approximate surface area is 120 Å². The van der Waals surface area contributed by atoms with Crippen molar-refractivity contribution in [2.24, 2.45) is 0 Å². The lowest BCUT2D eigenvalue weighted by Gasteiger charge is -2.30. The first-order valence-electron chi connectivity index (χ1n) is 6.98. The van der Waals surface area contributed by atoms with E-state index in [1.807, 2.05) is 0 Å². The SMILES string of the molecule is CC1=CC=CN(C)C1c1cccc(-c2ccccc2)c1. The Morgan fingerprint density at radius 3 is 2.40 bits per heavy atom. The van der Waals surface area contributed by atoms with E-state index in [1.54, 1.807) is 0 Å². The lowest BCUT2D eigenvalue weighted by Crippen LogP contribution is -2.22. The van der Waals surface area contributed by atoms with E-state index in [4.69, 9.17) is 0 Å². The molecule has 2 aromatic carbocycles. The Balaban J connectivity index is 2.00. The van der Waals surface area contributed by atoms with Gasteiger partial charge in [0.1, 0.15) is 0 Å². The second-order valence-electron chi connectivity index (χ2n) is 5.31. The van der Waals surface area contributed by atoms with Gasteiger partial charge < -0.3 is 4.90 Å². The first kappa shape index (κ1) is 12.7. The third-order valence-corrected chi connectivity index (χ3v) is 3.83. The molecule has 1 heteroatoms. The van der Waals surface area contributed by atoms with Gasteiger partial charge in [-0.3, -0.25) is 0 Å². The zero-order valence-electron chi connectivity index (χ0n) is 12.0. The minimum absolute atomic E-state index is 0.337. The lowest BCUT2D eigenvalue weighted by atomic mass is 9.93. The molecule has 0 aromatic heterocycles. The van der Waals surface area contributed by atoms with E-state index >= 15 is 0 Å². The summed E-state index contributed by atoms with van der Waals surface area (Å²) in [6.07, 6.45) is 6.43. The minimum Gasteiger partial charge on any atom is -0.370 e. The van der Waals surface area contributed by atoms with E-state index < -0.39 is 0 Å². The molecule has 1 aliphatic heterocycles. The van der Waals surface area contributed by atoms with Crippen molar-refractivity contribution in [3.63, 3.8) is 0 Å². The van der Waals surface area contributed by atoms with Gasteiger partial charge in [0.25, 0.3) is 0 Å². The molecule has 20 heavy (non-hydrogen) atoms. The number of nitrogens with zero attached hydrogens (tertiary/aromatic N) is 1. The molecule has 2 aromatic rings. The molecular formula is C19H19N. The van der Waals surface area contributed by atoms with Crippen LogP contribution in [0.25, 0.3) is 11.1 Å². The predicted molar refractivity (Wildman–Crippen MR) is 85.3 cm³/mol. The number of hydrogen-bond donors (Lipinski definition) is 0. The zero-order valence-corrected chi connectivity index (χ0v) is 12.0. The molecule has 1 atom stereocenters. The van der Waals surface area contributed by atoms with E-state index in [0.717, 1.165) is 0 Å². The van der Waals surface area contributed by atoms with Gasteiger partial charge in [0.15, 0.2) is 0 Å². The average molecular weight is 261 g/mol. The van der Waals surface area contributed by atoms with Crippen LogP contribution in [0, 0.1) is 0 Å². The summed E-state index contributed by atoms with van der Waals surface area (Å²) < 4.78 is 0.